The van der Waals surface area contributed by atoms with Crippen LogP contribution in [0, 0.1) is 5.41 Å². The molecule has 1 unspecified atom stereocenters. The highest BCUT2D eigenvalue weighted by atomic mass is 16.5. The molecule has 22 heavy (non-hydrogen) atoms. The molecule has 2 N–H and O–H groups in total. The molecule has 0 radical (unpaired) electrons. The van der Waals surface area contributed by atoms with Gasteiger partial charge in [0.05, 0.1) is 7.11 Å². The fourth-order valence-corrected chi connectivity index (χ4v) is 3.38. The molecule has 0 aromatic heterocycles. The van der Waals surface area contributed by atoms with Gasteiger partial charge in [0.25, 0.3) is 0 Å². The summed E-state index contributed by atoms with van der Waals surface area (Å²) in [5, 5.41) is 2.50. The van der Waals surface area contributed by atoms with Gasteiger partial charge in [0.2, 0.25) is 0 Å². The number of benzene rings is 2. The monoisotopic (exact) mass is 298 g/mol. The summed E-state index contributed by atoms with van der Waals surface area (Å²) in [4.78, 5) is 2.52. The van der Waals surface area contributed by atoms with Crippen LogP contribution >= 0.6 is 0 Å². The number of nitrogens with zero attached hydrogens (tertiary/aromatic N) is 1. The van der Waals surface area contributed by atoms with Crippen molar-refractivity contribution < 1.29 is 4.74 Å². The summed E-state index contributed by atoms with van der Waals surface area (Å²) in [5.74, 6) is 0.909. The average Bonchev–Trinajstić information content (AvgIpc) is 2.50. The number of likely N-dealkylation sites (tertiary alicyclic amines) is 1. The number of ether oxygens (including phenoxy) is 1. The highest BCUT2D eigenvalue weighted by Gasteiger charge is 2.33. The van der Waals surface area contributed by atoms with Crippen molar-refractivity contribution >= 4 is 10.8 Å². The van der Waals surface area contributed by atoms with Crippen molar-refractivity contribution in [2.75, 3.05) is 20.2 Å². The molecule has 0 spiro atoms. The largest absolute Gasteiger partial charge is 0.497 e. The van der Waals surface area contributed by atoms with Gasteiger partial charge in [0.15, 0.2) is 0 Å². The predicted molar refractivity (Wildman–Crippen MR) is 92.2 cm³/mol. The standard InChI is InChI=1S/C19H26N2O/c1-19(2)13-21(9-8-18(19)20)12-14-4-5-16-11-17(22-3)7-6-15(16)10-14/h4-7,10-11,18H,8-9,12-13,20H2,1-3H3. The summed E-state index contributed by atoms with van der Waals surface area (Å²) in [6.45, 7) is 7.70. The molecular weight excluding hydrogens is 272 g/mol. The van der Waals surface area contributed by atoms with E-state index in [2.05, 4.69) is 49.1 Å². The fraction of sp³-hybridized carbons (Fsp3) is 0.474. The minimum Gasteiger partial charge on any atom is -0.497 e. The lowest BCUT2D eigenvalue weighted by molar-refractivity contribution is 0.0899. The van der Waals surface area contributed by atoms with Gasteiger partial charge in [0, 0.05) is 25.7 Å². The average molecular weight is 298 g/mol. The SMILES string of the molecule is COc1ccc2cc(CN3CCC(N)C(C)(C)C3)ccc2c1. The molecule has 2 aromatic carbocycles. The van der Waals surface area contributed by atoms with Gasteiger partial charge in [-0.2, -0.15) is 0 Å². The zero-order valence-electron chi connectivity index (χ0n) is 13.8. The number of nitrogens with two attached hydrogens (primary N) is 1. The van der Waals surface area contributed by atoms with Crippen molar-refractivity contribution in [2.24, 2.45) is 11.1 Å². The molecule has 1 heterocycles. The molecule has 1 aliphatic rings. The van der Waals surface area contributed by atoms with Crippen molar-refractivity contribution in [2.45, 2.75) is 32.9 Å². The van der Waals surface area contributed by atoms with E-state index in [1.165, 1.54) is 16.3 Å². The molecule has 2 aromatic rings. The van der Waals surface area contributed by atoms with E-state index in [9.17, 15) is 0 Å². The first-order valence-electron chi connectivity index (χ1n) is 8.02. The maximum atomic E-state index is 6.23. The van der Waals surface area contributed by atoms with Crippen LogP contribution in [0.2, 0.25) is 0 Å². The number of rotatable bonds is 3. The fourth-order valence-electron chi connectivity index (χ4n) is 3.38. The minimum atomic E-state index is 0.197. The van der Waals surface area contributed by atoms with Crippen LogP contribution in [-0.4, -0.2) is 31.1 Å². The molecule has 0 saturated carbocycles. The summed E-state index contributed by atoms with van der Waals surface area (Å²) in [6, 6.07) is 13.3. The van der Waals surface area contributed by atoms with Gasteiger partial charge in [0.1, 0.15) is 5.75 Å². The molecule has 0 amide bonds. The van der Waals surface area contributed by atoms with E-state index in [4.69, 9.17) is 10.5 Å². The van der Waals surface area contributed by atoms with Gasteiger partial charge in [-0.3, -0.25) is 4.90 Å². The summed E-state index contributed by atoms with van der Waals surface area (Å²) < 4.78 is 5.29. The first-order chi connectivity index (χ1) is 10.5. The molecule has 3 nitrogen and oxygen atoms in total. The smallest absolute Gasteiger partial charge is 0.119 e. The number of hydrogen-bond acceptors (Lipinski definition) is 3. The Bertz CT molecular complexity index is 666. The predicted octanol–water partition coefficient (Wildman–Crippen LogP) is 3.41. The second kappa shape index (κ2) is 5.90. The van der Waals surface area contributed by atoms with Crippen molar-refractivity contribution in [3.8, 4) is 5.75 Å². The molecule has 1 aliphatic heterocycles. The van der Waals surface area contributed by atoms with E-state index >= 15 is 0 Å². The van der Waals surface area contributed by atoms with Crippen LogP contribution in [0.15, 0.2) is 36.4 Å². The van der Waals surface area contributed by atoms with E-state index < -0.39 is 0 Å². The number of piperidine rings is 1. The molecule has 118 valence electrons. The van der Waals surface area contributed by atoms with Crippen molar-refractivity contribution in [1.29, 1.82) is 0 Å². The zero-order valence-corrected chi connectivity index (χ0v) is 13.8. The van der Waals surface area contributed by atoms with Gasteiger partial charge in [-0.1, -0.05) is 32.0 Å². The second-order valence-electron chi connectivity index (χ2n) is 7.14. The van der Waals surface area contributed by atoms with Gasteiger partial charge >= 0.3 is 0 Å². The maximum Gasteiger partial charge on any atom is 0.119 e. The normalized spacial score (nSPS) is 21.9. The number of fused-ring (bicyclic) bond motifs is 1. The molecule has 3 heteroatoms. The van der Waals surface area contributed by atoms with Crippen molar-refractivity contribution in [3.05, 3.63) is 42.0 Å². The molecule has 1 atom stereocenters. The van der Waals surface area contributed by atoms with Gasteiger partial charge in [-0.25, -0.2) is 0 Å². The highest BCUT2D eigenvalue weighted by Crippen LogP contribution is 2.29. The van der Waals surface area contributed by atoms with Crippen LogP contribution in [0.3, 0.4) is 0 Å². The lowest BCUT2D eigenvalue weighted by Crippen LogP contribution is -2.52. The summed E-state index contributed by atoms with van der Waals surface area (Å²) in [7, 11) is 1.71. The molecule has 1 saturated heterocycles. The topological polar surface area (TPSA) is 38.5 Å². The Balaban J connectivity index is 1.77. The van der Waals surface area contributed by atoms with Crippen LogP contribution in [0.1, 0.15) is 25.8 Å². The first kappa shape index (κ1) is 15.3. The highest BCUT2D eigenvalue weighted by molar-refractivity contribution is 5.84. The third-order valence-corrected chi connectivity index (χ3v) is 4.91. The second-order valence-corrected chi connectivity index (χ2v) is 7.14. The van der Waals surface area contributed by atoms with Gasteiger partial charge in [-0.15, -0.1) is 0 Å². The van der Waals surface area contributed by atoms with Crippen LogP contribution < -0.4 is 10.5 Å². The first-order valence-corrected chi connectivity index (χ1v) is 8.02. The van der Waals surface area contributed by atoms with E-state index in [0.717, 1.165) is 31.8 Å². The van der Waals surface area contributed by atoms with Crippen LogP contribution in [0.25, 0.3) is 10.8 Å². The van der Waals surface area contributed by atoms with E-state index in [1.807, 2.05) is 6.07 Å². The lowest BCUT2D eigenvalue weighted by Gasteiger charge is -2.42. The van der Waals surface area contributed by atoms with Crippen LogP contribution in [0.5, 0.6) is 5.75 Å². The third kappa shape index (κ3) is 3.11. The van der Waals surface area contributed by atoms with E-state index in [0.29, 0.717) is 6.04 Å². The van der Waals surface area contributed by atoms with Crippen molar-refractivity contribution in [3.63, 3.8) is 0 Å². The Kier molecular flexibility index (Phi) is 4.11. The Morgan fingerprint density at radius 2 is 1.91 bits per heavy atom. The van der Waals surface area contributed by atoms with Crippen LogP contribution in [-0.2, 0) is 6.54 Å². The number of hydrogen-bond donors (Lipinski definition) is 1. The molecule has 1 fully saturated rings. The molecule has 3 rings (SSSR count). The Morgan fingerprint density at radius 1 is 1.18 bits per heavy atom. The summed E-state index contributed by atoms with van der Waals surface area (Å²) in [6.07, 6.45) is 1.08. The molecular formula is C19H26N2O. The Morgan fingerprint density at radius 3 is 2.64 bits per heavy atom. The molecule has 0 bridgehead atoms. The minimum absolute atomic E-state index is 0.197. The lowest BCUT2D eigenvalue weighted by atomic mass is 9.79. The Labute approximate surface area is 133 Å². The van der Waals surface area contributed by atoms with Crippen molar-refractivity contribution in [1.82, 2.24) is 4.90 Å². The summed E-state index contributed by atoms with van der Waals surface area (Å²) >= 11 is 0. The van der Waals surface area contributed by atoms with Gasteiger partial charge < -0.3 is 10.5 Å². The summed E-state index contributed by atoms with van der Waals surface area (Å²) in [5.41, 5.74) is 7.79. The van der Waals surface area contributed by atoms with Crippen LogP contribution in [0.4, 0.5) is 0 Å². The Hall–Kier alpha value is -1.58. The quantitative estimate of drug-likeness (QED) is 0.944. The molecule has 0 aliphatic carbocycles. The zero-order chi connectivity index (χ0) is 15.7. The third-order valence-electron chi connectivity index (χ3n) is 4.91. The van der Waals surface area contributed by atoms with E-state index in [-0.39, 0.29) is 5.41 Å². The maximum absolute atomic E-state index is 6.23. The number of methoxy groups -OCH3 is 1. The van der Waals surface area contributed by atoms with E-state index in [1.54, 1.807) is 7.11 Å². The van der Waals surface area contributed by atoms with Gasteiger partial charge in [-0.05, 0) is 46.4 Å².